The van der Waals surface area contributed by atoms with E-state index < -0.39 is 0 Å². The maximum atomic E-state index is 5.35. The van der Waals surface area contributed by atoms with Crippen LogP contribution in [0.25, 0.3) is 0 Å². The van der Waals surface area contributed by atoms with Crippen LogP contribution in [0.3, 0.4) is 0 Å². The Balaban J connectivity index is 1.84. The molecule has 2 unspecified atom stereocenters. The number of nitrogens with zero attached hydrogens (tertiary/aromatic N) is 4. The predicted octanol–water partition coefficient (Wildman–Crippen LogP) is 3.38. The van der Waals surface area contributed by atoms with Gasteiger partial charge in [-0.25, -0.2) is 4.98 Å². The van der Waals surface area contributed by atoms with E-state index in [0.717, 1.165) is 29.8 Å². The summed E-state index contributed by atoms with van der Waals surface area (Å²) in [5.41, 5.74) is 2.35. The lowest BCUT2D eigenvalue weighted by atomic mass is 10.2. The molecule has 0 saturated heterocycles. The van der Waals surface area contributed by atoms with Gasteiger partial charge in [0.2, 0.25) is 0 Å². The minimum absolute atomic E-state index is 0.0301. The first-order chi connectivity index (χ1) is 13.4. The fraction of sp³-hybridized carbons (Fsp3) is 0.524. The largest absolute Gasteiger partial charge is 0.375 e. The van der Waals surface area contributed by atoms with Crippen molar-refractivity contribution in [1.82, 2.24) is 20.1 Å². The molecule has 28 heavy (non-hydrogen) atoms. The molecule has 0 saturated carbocycles. The van der Waals surface area contributed by atoms with Crippen LogP contribution in [0.4, 0.5) is 0 Å². The summed E-state index contributed by atoms with van der Waals surface area (Å²) in [7, 11) is 7.71. The van der Waals surface area contributed by atoms with Gasteiger partial charge in [0.15, 0.2) is 5.96 Å². The fourth-order valence-corrected chi connectivity index (χ4v) is 3.65. The normalized spacial score (nSPS) is 14.2. The second-order valence-corrected chi connectivity index (χ2v) is 7.98. The Morgan fingerprint density at radius 2 is 1.93 bits per heavy atom. The van der Waals surface area contributed by atoms with E-state index in [9.17, 15) is 0 Å². The van der Waals surface area contributed by atoms with Crippen LogP contribution < -0.4 is 5.32 Å². The van der Waals surface area contributed by atoms with Gasteiger partial charge in [-0.1, -0.05) is 30.3 Å². The lowest BCUT2D eigenvalue weighted by molar-refractivity contribution is 0.119. The highest BCUT2D eigenvalue weighted by Gasteiger charge is 2.14. The molecule has 2 atom stereocenters. The van der Waals surface area contributed by atoms with Crippen LogP contribution in [0.1, 0.15) is 36.2 Å². The molecule has 2 rings (SSSR count). The number of ether oxygens (including phenoxy) is 1. The zero-order chi connectivity index (χ0) is 20.5. The number of methoxy groups -OCH3 is 1. The van der Waals surface area contributed by atoms with Gasteiger partial charge in [-0.3, -0.25) is 9.89 Å². The summed E-state index contributed by atoms with van der Waals surface area (Å²) in [4.78, 5) is 13.5. The highest BCUT2D eigenvalue weighted by atomic mass is 32.1. The van der Waals surface area contributed by atoms with Crippen molar-refractivity contribution in [1.29, 1.82) is 0 Å². The maximum Gasteiger partial charge on any atom is 0.193 e. The van der Waals surface area contributed by atoms with E-state index in [4.69, 9.17) is 4.74 Å². The van der Waals surface area contributed by atoms with E-state index >= 15 is 0 Å². The minimum atomic E-state index is 0.0301. The van der Waals surface area contributed by atoms with Crippen molar-refractivity contribution in [3.63, 3.8) is 0 Å². The first-order valence-corrected chi connectivity index (χ1v) is 10.5. The average molecular weight is 404 g/mol. The van der Waals surface area contributed by atoms with E-state index in [1.165, 1.54) is 5.56 Å². The highest BCUT2D eigenvalue weighted by molar-refractivity contribution is 7.09. The molecule has 0 spiro atoms. The summed E-state index contributed by atoms with van der Waals surface area (Å²) < 4.78 is 5.35. The number of rotatable bonds is 9. The van der Waals surface area contributed by atoms with E-state index in [0.29, 0.717) is 12.6 Å². The van der Waals surface area contributed by atoms with Crippen LogP contribution in [0.15, 0.2) is 40.7 Å². The molecule has 1 N–H and O–H groups in total. The van der Waals surface area contributed by atoms with E-state index in [1.807, 2.05) is 21.0 Å². The van der Waals surface area contributed by atoms with Crippen LogP contribution >= 0.6 is 11.3 Å². The number of hydrogen-bond donors (Lipinski definition) is 1. The molecular formula is C21H33N5OS. The van der Waals surface area contributed by atoms with Gasteiger partial charge in [0.25, 0.3) is 0 Å². The maximum absolute atomic E-state index is 5.35. The Kier molecular flexibility index (Phi) is 8.89. The van der Waals surface area contributed by atoms with Gasteiger partial charge in [-0.05, 0) is 26.5 Å². The van der Waals surface area contributed by atoms with Gasteiger partial charge >= 0.3 is 0 Å². The second kappa shape index (κ2) is 11.1. The average Bonchev–Trinajstić information content (AvgIpc) is 3.16. The Morgan fingerprint density at radius 1 is 1.21 bits per heavy atom. The van der Waals surface area contributed by atoms with Crippen molar-refractivity contribution in [3.8, 4) is 0 Å². The summed E-state index contributed by atoms with van der Waals surface area (Å²) >= 11 is 1.64. The summed E-state index contributed by atoms with van der Waals surface area (Å²) in [5, 5.41) is 6.57. The first-order valence-electron chi connectivity index (χ1n) is 9.57. The van der Waals surface area contributed by atoms with Gasteiger partial charge in [-0.2, -0.15) is 0 Å². The molecule has 2 aromatic rings. The molecule has 0 fully saturated rings. The fourth-order valence-electron chi connectivity index (χ4n) is 2.81. The van der Waals surface area contributed by atoms with E-state index in [1.54, 1.807) is 18.4 Å². The molecule has 6 nitrogen and oxygen atoms in total. The van der Waals surface area contributed by atoms with E-state index in [-0.39, 0.29) is 6.10 Å². The Bertz CT molecular complexity index is 733. The molecule has 0 aliphatic heterocycles. The van der Waals surface area contributed by atoms with Crippen molar-refractivity contribution in [2.75, 3.05) is 34.8 Å². The molecule has 1 aromatic heterocycles. The zero-order valence-corrected chi connectivity index (χ0v) is 18.7. The van der Waals surface area contributed by atoms with Crippen LogP contribution in [-0.2, 0) is 17.8 Å². The van der Waals surface area contributed by atoms with Crippen LogP contribution in [0.2, 0.25) is 0 Å². The molecular weight excluding hydrogens is 370 g/mol. The third-order valence-electron chi connectivity index (χ3n) is 4.83. The zero-order valence-electron chi connectivity index (χ0n) is 17.8. The van der Waals surface area contributed by atoms with Gasteiger partial charge in [-0.15, -0.1) is 11.3 Å². The number of nitrogens with one attached hydrogen (secondary N) is 1. The summed E-state index contributed by atoms with van der Waals surface area (Å²) in [6.45, 7) is 6.70. The molecule has 1 aromatic carbocycles. The molecule has 7 heteroatoms. The topological polar surface area (TPSA) is 53.0 Å². The monoisotopic (exact) mass is 403 g/mol. The second-order valence-electron chi connectivity index (χ2n) is 7.09. The smallest absolute Gasteiger partial charge is 0.193 e. The minimum Gasteiger partial charge on any atom is -0.375 e. The number of benzene rings is 1. The third kappa shape index (κ3) is 6.58. The highest BCUT2D eigenvalue weighted by Crippen LogP contribution is 2.20. The predicted molar refractivity (Wildman–Crippen MR) is 118 cm³/mol. The molecule has 0 aliphatic rings. The number of aromatic nitrogens is 1. The Labute approximate surface area is 173 Å². The van der Waals surface area contributed by atoms with Crippen LogP contribution in [-0.4, -0.2) is 61.6 Å². The van der Waals surface area contributed by atoms with Gasteiger partial charge in [0, 0.05) is 45.7 Å². The van der Waals surface area contributed by atoms with Gasteiger partial charge in [0.1, 0.15) is 11.1 Å². The van der Waals surface area contributed by atoms with Crippen molar-refractivity contribution in [2.45, 2.75) is 39.1 Å². The number of guanidine groups is 1. The number of aliphatic imine (C=N–C) groups is 1. The SMILES string of the molecule is CN=C(NCC(C)N(C)Cc1ccccc1)N(C)Cc1csc(C(C)OC)n1. The molecule has 0 radical (unpaired) electrons. The van der Waals surface area contributed by atoms with Crippen molar-refractivity contribution < 1.29 is 4.74 Å². The molecule has 0 amide bonds. The number of likely N-dealkylation sites (N-methyl/N-ethyl adjacent to an activating group) is 1. The third-order valence-corrected chi connectivity index (χ3v) is 5.88. The lowest BCUT2D eigenvalue weighted by Gasteiger charge is -2.28. The first kappa shape index (κ1) is 22.3. The van der Waals surface area contributed by atoms with Crippen molar-refractivity contribution in [2.24, 2.45) is 4.99 Å². The van der Waals surface area contributed by atoms with Crippen LogP contribution in [0, 0.1) is 0 Å². The molecule has 0 bridgehead atoms. The summed E-state index contributed by atoms with van der Waals surface area (Å²) in [6, 6.07) is 10.9. The van der Waals surface area contributed by atoms with Gasteiger partial charge in [0.05, 0.1) is 12.2 Å². The van der Waals surface area contributed by atoms with Crippen LogP contribution in [0.5, 0.6) is 0 Å². The Hall–Kier alpha value is -1.96. The van der Waals surface area contributed by atoms with Crippen molar-refractivity contribution in [3.05, 3.63) is 52.0 Å². The summed E-state index contributed by atoms with van der Waals surface area (Å²) in [6.07, 6.45) is 0.0301. The van der Waals surface area contributed by atoms with Gasteiger partial charge < -0.3 is 15.0 Å². The number of thiazole rings is 1. The molecule has 0 aliphatic carbocycles. The van der Waals surface area contributed by atoms with E-state index in [2.05, 4.69) is 74.8 Å². The lowest BCUT2D eigenvalue weighted by Crippen LogP contribution is -2.45. The standard InChI is InChI=1S/C21H33N5OS/c1-16(25(4)13-18-10-8-7-9-11-18)12-23-21(22-3)26(5)14-19-15-28-20(24-19)17(2)27-6/h7-11,15-17H,12-14H2,1-6H3,(H,22,23). The summed E-state index contributed by atoms with van der Waals surface area (Å²) in [5.74, 6) is 0.870. The number of hydrogen-bond acceptors (Lipinski definition) is 5. The van der Waals surface area contributed by atoms with Crippen molar-refractivity contribution >= 4 is 17.3 Å². The quantitative estimate of drug-likeness (QED) is 0.514. The molecule has 154 valence electrons. The molecule has 1 heterocycles. The Morgan fingerprint density at radius 3 is 2.57 bits per heavy atom.